The average molecular weight is 684 g/mol. The fourth-order valence-corrected chi connectivity index (χ4v) is 12.8. The van der Waals surface area contributed by atoms with Crippen LogP contribution in [0.4, 0.5) is 0 Å². The molecule has 4 heteroatoms. The van der Waals surface area contributed by atoms with E-state index in [1.807, 2.05) is 0 Å². The molecule has 0 aromatic heterocycles. The second kappa shape index (κ2) is 11.4. The van der Waals surface area contributed by atoms with Crippen LogP contribution in [-0.4, -0.2) is 8.07 Å². The first-order chi connectivity index (χ1) is 18.6. The van der Waals surface area contributed by atoms with E-state index in [1.165, 1.54) is 48.6 Å². The maximum Gasteiger partial charge on any atom is 3.00 e. The minimum absolute atomic E-state index is 0. The van der Waals surface area contributed by atoms with E-state index in [4.69, 9.17) is 0 Å². The summed E-state index contributed by atoms with van der Waals surface area (Å²) in [5.41, 5.74) is 6.09. The summed E-state index contributed by atoms with van der Waals surface area (Å²) in [7, 11) is -2.32. The predicted molar refractivity (Wildman–Crippen MR) is 173 cm³/mol. The third-order valence-electron chi connectivity index (χ3n) is 8.97. The van der Waals surface area contributed by atoms with Gasteiger partial charge in [0.25, 0.3) is 0 Å². The van der Waals surface area contributed by atoms with Crippen molar-refractivity contribution < 1.29 is 51.0 Å². The molecule has 1 aliphatic carbocycles. The summed E-state index contributed by atoms with van der Waals surface area (Å²) < 4.78 is 0. The van der Waals surface area contributed by atoms with Crippen molar-refractivity contribution in [3.63, 3.8) is 0 Å². The van der Waals surface area contributed by atoms with Gasteiger partial charge in [-0.2, -0.15) is 0 Å². The molecule has 0 nitrogen and oxygen atoms in total. The van der Waals surface area contributed by atoms with Gasteiger partial charge in [0.1, 0.15) is 0 Å². The van der Waals surface area contributed by atoms with Crippen molar-refractivity contribution in [3.8, 4) is 0 Å². The Morgan fingerprint density at radius 1 is 0.714 bits per heavy atom. The summed E-state index contributed by atoms with van der Waals surface area (Å²) in [5, 5.41) is 12.1. The van der Waals surface area contributed by atoms with Crippen molar-refractivity contribution in [2.75, 3.05) is 0 Å². The molecule has 2 aliphatic rings. The second-order valence-corrected chi connectivity index (χ2v) is 17.2. The number of fused-ring (bicyclic) bond motifs is 5. The van der Waals surface area contributed by atoms with Crippen molar-refractivity contribution in [2.45, 2.75) is 58.8 Å². The molecular weight excluding hydrogens is 647 g/mol. The van der Waals surface area contributed by atoms with Gasteiger partial charge in [-0.15, -0.1) is 33.7 Å². The van der Waals surface area contributed by atoms with Gasteiger partial charge >= 0.3 is 26.2 Å². The Bertz CT molecular complexity index is 1790. The van der Waals surface area contributed by atoms with E-state index in [0.717, 1.165) is 6.42 Å². The van der Waals surface area contributed by atoms with Gasteiger partial charge < -0.3 is 24.8 Å². The van der Waals surface area contributed by atoms with E-state index >= 15 is 0 Å². The van der Waals surface area contributed by atoms with Crippen LogP contribution in [0.5, 0.6) is 0 Å². The Labute approximate surface area is 283 Å². The van der Waals surface area contributed by atoms with Crippen molar-refractivity contribution in [3.05, 3.63) is 120 Å². The first-order valence-electron chi connectivity index (χ1n) is 14.4. The molecule has 0 bridgehead atoms. The average Bonchev–Trinajstić information content (AvgIpc) is 3.22. The van der Waals surface area contributed by atoms with Crippen LogP contribution in [0.3, 0.4) is 0 Å². The summed E-state index contributed by atoms with van der Waals surface area (Å²) >= 11 is 0. The van der Waals surface area contributed by atoms with Crippen LogP contribution in [-0.2, 0) is 37.0 Å². The van der Waals surface area contributed by atoms with Crippen molar-refractivity contribution >= 4 is 55.9 Å². The molecule has 1 aliphatic heterocycles. The third kappa shape index (κ3) is 4.78. The molecule has 0 saturated carbocycles. The molecule has 0 spiro atoms. The van der Waals surface area contributed by atoms with Crippen LogP contribution in [0.2, 0.25) is 0 Å². The van der Waals surface area contributed by atoms with Gasteiger partial charge in [-0.05, 0) is 27.6 Å². The van der Waals surface area contributed by atoms with Crippen LogP contribution >= 0.6 is 0 Å². The van der Waals surface area contributed by atoms with Gasteiger partial charge in [-0.25, -0.2) is 0 Å². The maximum absolute atomic E-state index is 2.53. The minimum atomic E-state index is -2.32. The molecular formula is C38H37Cl2SiZr. The summed E-state index contributed by atoms with van der Waals surface area (Å²) in [6.45, 7) is 14.2. The summed E-state index contributed by atoms with van der Waals surface area (Å²) in [6, 6.07) is 32.7. The zero-order valence-corrected chi connectivity index (χ0v) is 30.2. The first-order valence-corrected chi connectivity index (χ1v) is 16.4. The Balaban J connectivity index is 0.00000135. The van der Waals surface area contributed by atoms with E-state index in [0.29, 0.717) is 0 Å². The summed E-state index contributed by atoms with van der Waals surface area (Å²) in [4.78, 5) is 0. The van der Waals surface area contributed by atoms with Crippen molar-refractivity contribution in [2.24, 2.45) is 0 Å². The third-order valence-corrected chi connectivity index (χ3v) is 13.6. The normalized spacial score (nSPS) is 15.0. The van der Waals surface area contributed by atoms with E-state index in [1.54, 1.807) is 15.9 Å². The van der Waals surface area contributed by atoms with E-state index in [9.17, 15) is 0 Å². The number of halogens is 2. The maximum atomic E-state index is 2.53. The molecule has 1 radical (unpaired) electrons. The topological polar surface area (TPSA) is 0 Å². The zero-order chi connectivity index (χ0) is 27.2. The molecule has 1 heterocycles. The van der Waals surface area contributed by atoms with Crippen molar-refractivity contribution in [1.82, 2.24) is 0 Å². The molecule has 5 aromatic rings. The van der Waals surface area contributed by atoms with Gasteiger partial charge in [0.15, 0.2) is 8.07 Å². The Hall–Kier alpha value is -2.09. The SMILES string of the molecule is CC(C)(C)c1ccc2c(c1)[cH-]c1c(C3=CC=CC3)c(C(C)(C)C)c3c(c12)[Si]3(c1ccccc1)c1ccccc1.[Cl-].[Cl-].[Zr+3]. The number of rotatable bonds is 3. The summed E-state index contributed by atoms with van der Waals surface area (Å²) in [5.74, 6) is 0. The molecule has 7 rings (SSSR count). The van der Waals surface area contributed by atoms with Crippen LogP contribution in [0, 0.1) is 0 Å². The van der Waals surface area contributed by atoms with Gasteiger partial charge in [-0.3, -0.25) is 0 Å². The molecule has 0 N–H and O–H groups in total. The molecule has 211 valence electrons. The van der Waals surface area contributed by atoms with Crippen LogP contribution in [0.1, 0.15) is 64.7 Å². The van der Waals surface area contributed by atoms with E-state index in [-0.39, 0.29) is 61.8 Å². The number of hydrogen-bond acceptors (Lipinski definition) is 0. The number of benzene rings is 4. The van der Waals surface area contributed by atoms with Crippen LogP contribution in [0.25, 0.3) is 27.1 Å². The molecule has 0 fully saturated rings. The molecule has 0 unspecified atom stereocenters. The molecule has 42 heavy (non-hydrogen) atoms. The Morgan fingerprint density at radius 3 is 1.81 bits per heavy atom. The zero-order valence-electron chi connectivity index (χ0n) is 25.3. The van der Waals surface area contributed by atoms with Crippen LogP contribution in [0.15, 0.2) is 103 Å². The second-order valence-electron chi connectivity index (χ2n) is 13.5. The Morgan fingerprint density at radius 2 is 1.31 bits per heavy atom. The van der Waals surface area contributed by atoms with Crippen LogP contribution < -0.4 is 45.6 Å². The molecule has 0 atom stereocenters. The minimum Gasteiger partial charge on any atom is -1.00 e. The molecule has 5 aromatic carbocycles. The summed E-state index contributed by atoms with van der Waals surface area (Å²) in [6.07, 6.45) is 7.94. The van der Waals surface area contributed by atoms with Crippen molar-refractivity contribution in [1.29, 1.82) is 0 Å². The standard InChI is InChI=1S/C38H37Si.2ClH.Zr/c1-37(2,3)27-21-22-30-26(23-27)24-31-32(25-15-13-14-16-25)34(38(4,5)6)36-35(33(30)31)39(36,28-17-9-7-10-18-28)29-19-11-8-12-20-29;;;/h7-15,17-24H,16H2,1-6H3;2*1H;/q-1;;;+3/p-2. The number of hydrogen-bond donors (Lipinski definition) is 0. The van der Waals surface area contributed by atoms with E-state index in [2.05, 4.69) is 145 Å². The fraction of sp³-hybridized carbons (Fsp3) is 0.237. The molecule has 0 amide bonds. The van der Waals surface area contributed by atoms with Gasteiger partial charge in [0.2, 0.25) is 0 Å². The van der Waals surface area contributed by atoms with Gasteiger partial charge in [-0.1, -0.05) is 165 Å². The Kier molecular flexibility index (Phi) is 8.94. The largest absolute Gasteiger partial charge is 3.00 e. The first kappa shape index (κ1) is 32.8. The molecule has 0 saturated heterocycles. The fourth-order valence-electron chi connectivity index (χ4n) is 7.22. The quantitative estimate of drug-likeness (QED) is 0.195. The monoisotopic (exact) mass is 681 g/mol. The van der Waals surface area contributed by atoms with E-state index < -0.39 is 8.07 Å². The smallest absolute Gasteiger partial charge is 1.00 e. The number of allylic oxidation sites excluding steroid dienone is 4. The van der Waals surface area contributed by atoms with Gasteiger partial charge in [0.05, 0.1) is 0 Å². The predicted octanol–water partition coefficient (Wildman–Crippen LogP) is 1.35. The van der Waals surface area contributed by atoms with Gasteiger partial charge in [0, 0.05) is 0 Å².